The average molecular weight is 437 g/mol. The van der Waals surface area contributed by atoms with E-state index in [-0.39, 0.29) is 10.6 Å². The fraction of sp³-hybridized carbons (Fsp3) is 0.333. The van der Waals surface area contributed by atoms with Gasteiger partial charge in [0.05, 0.1) is 29.0 Å². The molecular weight excluding hydrogens is 417 g/mol. The van der Waals surface area contributed by atoms with Gasteiger partial charge in [0.15, 0.2) is 0 Å². The van der Waals surface area contributed by atoms with E-state index in [4.69, 9.17) is 11.6 Å². The van der Waals surface area contributed by atoms with Crippen LogP contribution in [0.1, 0.15) is 24.1 Å². The summed E-state index contributed by atoms with van der Waals surface area (Å²) >= 11 is 5.83. The third kappa shape index (κ3) is 3.84. The number of carbonyl (C=O) groups is 1. The van der Waals surface area contributed by atoms with Crippen LogP contribution in [0.25, 0.3) is 11.0 Å². The summed E-state index contributed by atoms with van der Waals surface area (Å²) in [5.74, 6) is 0. The number of nitrogens with zero attached hydrogens (tertiary/aromatic N) is 4. The maximum atomic E-state index is 13.6. The van der Waals surface area contributed by atoms with Crippen molar-refractivity contribution in [3.8, 4) is 0 Å². The van der Waals surface area contributed by atoms with E-state index in [0.29, 0.717) is 31.7 Å². The van der Waals surface area contributed by atoms with Crippen molar-refractivity contribution >= 4 is 34.7 Å². The highest BCUT2D eigenvalue weighted by Gasteiger charge is 2.35. The first-order valence-electron chi connectivity index (χ1n) is 9.55. The van der Waals surface area contributed by atoms with E-state index in [1.54, 1.807) is 22.7 Å². The predicted molar refractivity (Wildman–Crippen MR) is 110 cm³/mol. The summed E-state index contributed by atoms with van der Waals surface area (Å²) < 4.78 is 42.5. The molecule has 9 heteroatoms. The summed E-state index contributed by atoms with van der Waals surface area (Å²) in [6, 6.07) is 9.02. The highest BCUT2D eigenvalue weighted by atomic mass is 35.5. The van der Waals surface area contributed by atoms with Gasteiger partial charge in [-0.3, -0.25) is 4.79 Å². The number of benzene rings is 2. The Morgan fingerprint density at radius 3 is 2.50 bits per heavy atom. The molecule has 1 fully saturated rings. The van der Waals surface area contributed by atoms with Crippen molar-refractivity contribution in [3.63, 3.8) is 0 Å². The molecule has 0 radical (unpaired) electrons. The zero-order valence-corrected chi connectivity index (χ0v) is 17.0. The fourth-order valence-electron chi connectivity index (χ4n) is 3.89. The van der Waals surface area contributed by atoms with Gasteiger partial charge < -0.3 is 14.4 Å². The Morgan fingerprint density at radius 1 is 1.10 bits per heavy atom. The van der Waals surface area contributed by atoms with Crippen LogP contribution in [-0.2, 0) is 11.0 Å². The normalized spacial score (nSPS) is 16.2. The Balaban J connectivity index is 1.71. The Labute approximate surface area is 176 Å². The fourth-order valence-corrected chi connectivity index (χ4v) is 4.07. The van der Waals surface area contributed by atoms with Crippen molar-refractivity contribution in [1.82, 2.24) is 14.5 Å². The number of fused-ring (bicyclic) bond motifs is 1. The molecule has 1 aliphatic rings. The number of anilines is 1. The Kier molecular flexibility index (Phi) is 5.36. The molecule has 0 aliphatic carbocycles. The summed E-state index contributed by atoms with van der Waals surface area (Å²) in [5.41, 5.74) is 1.80. The van der Waals surface area contributed by atoms with Gasteiger partial charge in [0.1, 0.15) is 0 Å². The number of rotatable bonds is 4. The SMILES string of the molecule is CC(c1ccc(Cl)cc1C(F)(F)F)n1cnc2ccc(N3CCN(C=O)CC3)cc21. The second-order valence-corrected chi connectivity index (χ2v) is 7.80. The minimum atomic E-state index is -4.51. The Morgan fingerprint density at radius 2 is 1.83 bits per heavy atom. The van der Waals surface area contributed by atoms with Crippen LogP contribution < -0.4 is 4.90 Å². The number of amides is 1. The van der Waals surface area contributed by atoms with E-state index in [2.05, 4.69) is 9.88 Å². The average Bonchev–Trinajstić information content (AvgIpc) is 3.16. The number of carbonyl (C=O) groups excluding carboxylic acids is 1. The van der Waals surface area contributed by atoms with E-state index in [0.717, 1.165) is 23.7 Å². The highest BCUT2D eigenvalue weighted by Crippen LogP contribution is 2.38. The summed E-state index contributed by atoms with van der Waals surface area (Å²) in [7, 11) is 0. The molecule has 1 unspecified atom stereocenters. The molecule has 5 nitrogen and oxygen atoms in total. The number of aromatic nitrogens is 2. The largest absolute Gasteiger partial charge is 0.416 e. The summed E-state index contributed by atoms with van der Waals surface area (Å²) in [6.45, 7) is 4.38. The molecule has 4 rings (SSSR count). The maximum Gasteiger partial charge on any atom is 0.416 e. The van der Waals surface area contributed by atoms with E-state index in [9.17, 15) is 18.0 Å². The third-order valence-corrected chi connectivity index (χ3v) is 5.81. The zero-order valence-electron chi connectivity index (χ0n) is 16.2. The minimum Gasteiger partial charge on any atom is -0.368 e. The van der Waals surface area contributed by atoms with E-state index < -0.39 is 17.8 Å². The summed E-state index contributed by atoms with van der Waals surface area (Å²) in [5, 5.41) is 0.0468. The van der Waals surface area contributed by atoms with Gasteiger partial charge in [0.25, 0.3) is 0 Å². The number of alkyl halides is 3. The van der Waals surface area contributed by atoms with Crippen molar-refractivity contribution in [3.05, 3.63) is 58.9 Å². The van der Waals surface area contributed by atoms with Crippen LogP contribution in [0.5, 0.6) is 0 Å². The van der Waals surface area contributed by atoms with Gasteiger partial charge >= 0.3 is 6.18 Å². The molecule has 0 bridgehead atoms. The molecule has 2 heterocycles. The second kappa shape index (κ2) is 7.83. The van der Waals surface area contributed by atoms with Gasteiger partial charge in [-0.1, -0.05) is 17.7 Å². The van der Waals surface area contributed by atoms with Gasteiger partial charge in [-0.05, 0) is 42.8 Å². The summed E-state index contributed by atoms with van der Waals surface area (Å²) in [6.07, 6.45) is -2.09. The smallest absolute Gasteiger partial charge is 0.368 e. The van der Waals surface area contributed by atoms with Crippen LogP contribution in [0.4, 0.5) is 18.9 Å². The number of imidazole rings is 1. The Hall–Kier alpha value is -2.74. The van der Waals surface area contributed by atoms with E-state index >= 15 is 0 Å². The number of halogens is 4. The van der Waals surface area contributed by atoms with Crippen LogP contribution in [-0.4, -0.2) is 47.0 Å². The van der Waals surface area contributed by atoms with Crippen LogP contribution in [0.3, 0.4) is 0 Å². The third-order valence-electron chi connectivity index (χ3n) is 5.57. The number of hydrogen-bond acceptors (Lipinski definition) is 3. The quantitative estimate of drug-likeness (QED) is 0.561. The lowest BCUT2D eigenvalue weighted by Crippen LogP contribution is -2.45. The molecule has 1 saturated heterocycles. The van der Waals surface area contributed by atoms with Crippen molar-refractivity contribution in [1.29, 1.82) is 0 Å². The molecule has 1 amide bonds. The molecular formula is C21H20ClF3N4O. The topological polar surface area (TPSA) is 41.4 Å². The van der Waals surface area contributed by atoms with Crippen molar-refractivity contribution < 1.29 is 18.0 Å². The van der Waals surface area contributed by atoms with Crippen LogP contribution in [0.2, 0.25) is 5.02 Å². The molecule has 2 aromatic carbocycles. The van der Waals surface area contributed by atoms with Gasteiger partial charge in [0.2, 0.25) is 6.41 Å². The zero-order chi connectivity index (χ0) is 21.5. The molecule has 30 heavy (non-hydrogen) atoms. The monoisotopic (exact) mass is 436 g/mol. The van der Waals surface area contributed by atoms with Crippen molar-refractivity contribution in [2.24, 2.45) is 0 Å². The molecule has 1 aliphatic heterocycles. The van der Waals surface area contributed by atoms with Gasteiger partial charge in [-0.15, -0.1) is 0 Å². The lowest BCUT2D eigenvalue weighted by atomic mass is 10.0. The van der Waals surface area contributed by atoms with Gasteiger partial charge in [-0.2, -0.15) is 13.2 Å². The lowest BCUT2D eigenvalue weighted by Gasteiger charge is -2.34. The van der Waals surface area contributed by atoms with Crippen molar-refractivity contribution in [2.45, 2.75) is 19.1 Å². The maximum absolute atomic E-state index is 13.6. The molecule has 1 atom stereocenters. The number of piperazine rings is 1. The first kappa shape index (κ1) is 20.5. The van der Waals surface area contributed by atoms with Crippen LogP contribution in [0.15, 0.2) is 42.7 Å². The number of hydrogen-bond donors (Lipinski definition) is 0. The minimum absolute atomic E-state index is 0.0468. The molecule has 3 aromatic rings. The first-order chi connectivity index (χ1) is 14.3. The second-order valence-electron chi connectivity index (χ2n) is 7.36. The predicted octanol–water partition coefficient (Wildman–Crippen LogP) is 4.60. The molecule has 0 N–H and O–H groups in total. The van der Waals surface area contributed by atoms with Crippen LogP contribution in [0, 0.1) is 0 Å². The Bertz CT molecular complexity index is 1070. The molecule has 0 saturated carbocycles. The van der Waals surface area contributed by atoms with Crippen molar-refractivity contribution in [2.75, 3.05) is 31.1 Å². The van der Waals surface area contributed by atoms with Crippen LogP contribution >= 0.6 is 11.6 Å². The lowest BCUT2D eigenvalue weighted by molar-refractivity contribution is -0.138. The first-order valence-corrected chi connectivity index (χ1v) is 9.93. The molecule has 158 valence electrons. The van der Waals surface area contributed by atoms with Gasteiger partial charge in [0, 0.05) is 36.9 Å². The molecule has 1 aromatic heterocycles. The van der Waals surface area contributed by atoms with E-state index in [1.165, 1.54) is 12.1 Å². The highest BCUT2D eigenvalue weighted by molar-refractivity contribution is 6.30. The standard InChI is InChI=1S/C21H20ClF3N4O/c1-14(17-4-2-15(22)10-18(17)21(23,24)25)29-12-26-19-5-3-16(11-20(19)29)28-8-6-27(13-30)7-9-28/h2-5,10-14H,6-9H2,1H3. The van der Waals surface area contributed by atoms with E-state index in [1.807, 2.05) is 18.2 Å². The summed E-state index contributed by atoms with van der Waals surface area (Å²) in [4.78, 5) is 19.2. The molecule has 0 spiro atoms. The van der Waals surface area contributed by atoms with Gasteiger partial charge in [-0.25, -0.2) is 4.98 Å².